The van der Waals surface area contributed by atoms with E-state index < -0.39 is 28.8 Å². The van der Waals surface area contributed by atoms with Crippen molar-refractivity contribution in [2.24, 2.45) is 0 Å². The molecule has 9 aromatic heterocycles. The van der Waals surface area contributed by atoms with Crippen LogP contribution in [0.1, 0.15) is 21.6 Å². The van der Waals surface area contributed by atoms with Gasteiger partial charge in [0.2, 0.25) is 5.71 Å². The number of nitrogens with zero attached hydrogens (tertiary/aromatic N) is 5. The number of nitrogen functional groups attached to an aromatic ring is 2. The highest BCUT2D eigenvalue weighted by atomic mass is 32.1. The smallest absolute Gasteiger partial charge is 0.362 e. The minimum atomic E-state index is -1.26. The molecule has 4 aromatic carbocycles. The molecule has 0 saturated heterocycles. The fourth-order valence-corrected chi connectivity index (χ4v) is 10.5. The number of nitrogens with two attached hydrogens (primary N) is 2. The number of aromatic amines is 1. The van der Waals surface area contributed by atoms with E-state index in [2.05, 4.69) is 18.7 Å². The molecule has 0 fully saturated rings. The van der Waals surface area contributed by atoms with Gasteiger partial charge >= 0.3 is 11.6 Å². The molecule has 0 atom stereocenters. The molecule has 0 aliphatic heterocycles. The number of aromatic nitrogens is 6. The SMILES string of the molecule is Nc1nsc2ccc(Cn3c(C(=O)O)c(-c4ccc[nH]c4=O)c4c5occc5c(F)cc43)cc12.Nc1nsc2ccc(Cn3c4cc(F)c5ccoc5c4c4c5cccnc5oc(=O)c43)cc12. The first-order chi connectivity index (χ1) is 32.5. The van der Waals surface area contributed by atoms with E-state index in [1.165, 1.54) is 70.6 Å². The molecule has 13 rings (SSSR count). The maximum atomic E-state index is 15.0. The molecule has 13 aromatic rings. The number of nitrogens with one attached hydrogen (secondary N) is 1. The van der Waals surface area contributed by atoms with E-state index in [0.717, 1.165) is 31.3 Å². The summed E-state index contributed by atoms with van der Waals surface area (Å²) in [7, 11) is 0. The second-order valence-electron chi connectivity index (χ2n) is 15.7. The third kappa shape index (κ3) is 6.12. The lowest BCUT2D eigenvalue weighted by Gasteiger charge is -2.10. The molecular weight excluding hydrogens is 903 g/mol. The number of hydrogen-bond acceptors (Lipinski definition) is 13. The van der Waals surface area contributed by atoms with E-state index in [1.54, 1.807) is 29.0 Å². The molecule has 0 spiro atoms. The van der Waals surface area contributed by atoms with Crippen LogP contribution in [0, 0.1) is 11.6 Å². The van der Waals surface area contributed by atoms with Crippen LogP contribution >= 0.6 is 23.1 Å². The molecule has 328 valence electrons. The molecule has 0 radical (unpaired) electrons. The lowest BCUT2D eigenvalue weighted by molar-refractivity contribution is 0.0687. The normalized spacial score (nSPS) is 11.9. The summed E-state index contributed by atoms with van der Waals surface area (Å²) in [6, 6.07) is 23.9. The third-order valence-electron chi connectivity index (χ3n) is 12.0. The van der Waals surface area contributed by atoms with Crippen LogP contribution in [0.2, 0.25) is 0 Å². The summed E-state index contributed by atoms with van der Waals surface area (Å²) in [6.07, 6.45) is 5.81. The van der Waals surface area contributed by atoms with E-state index in [-0.39, 0.29) is 40.0 Å². The fraction of sp³-hybridized carbons (Fsp3) is 0.0417. The largest absolute Gasteiger partial charge is 0.477 e. The first-order valence-corrected chi connectivity index (χ1v) is 21.9. The first-order valence-electron chi connectivity index (χ1n) is 20.3. The van der Waals surface area contributed by atoms with Crippen molar-refractivity contribution < 1.29 is 31.9 Å². The van der Waals surface area contributed by atoms with Crippen LogP contribution in [0.5, 0.6) is 0 Å². The second kappa shape index (κ2) is 14.9. The zero-order valence-corrected chi connectivity index (χ0v) is 35.8. The van der Waals surface area contributed by atoms with Crippen molar-refractivity contribution in [3.8, 4) is 11.1 Å². The van der Waals surface area contributed by atoms with E-state index in [9.17, 15) is 23.9 Å². The predicted molar refractivity (Wildman–Crippen MR) is 254 cm³/mol. The Hall–Kier alpha value is -8.68. The Bertz CT molecular complexity index is 4350. The molecule has 9 heterocycles. The predicted octanol–water partition coefficient (Wildman–Crippen LogP) is 10.2. The number of H-pyrrole nitrogens is 1. The number of pyridine rings is 2. The number of rotatable bonds is 6. The highest BCUT2D eigenvalue weighted by Crippen LogP contribution is 2.42. The van der Waals surface area contributed by atoms with Crippen molar-refractivity contribution >= 4 is 127 Å². The van der Waals surface area contributed by atoms with Gasteiger partial charge in [0.05, 0.1) is 60.1 Å². The number of carboxylic acid groups (broad SMARTS) is 1. The van der Waals surface area contributed by atoms with Crippen LogP contribution < -0.4 is 22.7 Å². The van der Waals surface area contributed by atoms with Crippen LogP contribution in [0.25, 0.3) is 97.0 Å². The quantitative estimate of drug-likeness (QED) is 0.122. The first kappa shape index (κ1) is 39.9. The average Bonchev–Trinajstić information content (AvgIpc) is 4.19. The molecule has 6 N–H and O–H groups in total. The Morgan fingerprint density at radius 2 is 1.33 bits per heavy atom. The van der Waals surface area contributed by atoms with Crippen molar-refractivity contribution in [3.63, 3.8) is 0 Å². The molecule has 0 unspecified atom stereocenters. The Balaban J connectivity index is 0.000000140. The van der Waals surface area contributed by atoms with Gasteiger partial charge in [0.1, 0.15) is 45.6 Å². The number of aromatic carboxylic acids is 1. The molecule has 0 bridgehead atoms. The van der Waals surface area contributed by atoms with Gasteiger partial charge in [0.25, 0.3) is 5.56 Å². The lowest BCUT2D eigenvalue weighted by atomic mass is 10.0. The summed E-state index contributed by atoms with van der Waals surface area (Å²) in [5.41, 5.74) is 14.7. The minimum absolute atomic E-state index is 0.0970. The number of benzene rings is 4. The Kier molecular flexibility index (Phi) is 8.89. The number of furan rings is 2. The molecule has 19 heteroatoms. The monoisotopic (exact) mass is 930 g/mol. The van der Waals surface area contributed by atoms with Gasteiger partial charge in [-0.05, 0) is 107 Å². The van der Waals surface area contributed by atoms with Crippen molar-refractivity contribution in [3.05, 3.63) is 159 Å². The lowest BCUT2D eigenvalue weighted by Crippen LogP contribution is -2.13. The Labute approximate surface area is 379 Å². The second-order valence-corrected chi connectivity index (χ2v) is 17.3. The summed E-state index contributed by atoms with van der Waals surface area (Å²) in [4.78, 5) is 45.3. The summed E-state index contributed by atoms with van der Waals surface area (Å²) in [5, 5.41) is 14.7. The number of halogens is 2. The molecule has 15 nitrogen and oxygen atoms in total. The molecular formula is C48H28F2N8O7S2. The van der Waals surface area contributed by atoms with Crippen molar-refractivity contribution in [1.82, 2.24) is 27.8 Å². The van der Waals surface area contributed by atoms with Gasteiger partial charge in [0.15, 0.2) is 0 Å². The standard InChI is InChI=1S/C24H15FN4O4S.C24H13FN4O3S/c25-15-9-16-19(21-12(15)5-7-33-21)18(13-2-1-6-27-23(13)30)20(24(31)32)29(16)10-11-3-4-17-14(8-11)22(26)28-34-17;25-15-9-16-19(21-12(15)5-7-31-21)18-13-2-1-6-27-23(13)32-24(30)20(18)29(16)10-11-3-4-17-14(8-11)22(26)28-33-17/h1-9H,10H2,(H2,26,28)(H,27,30)(H,31,32);1-9H,10H2,(H2,26,28). The van der Waals surface area contributed by atoms with Gasteiger partial charge in [-0.3, -0.25) is 4.79 Å². The van der Waals surface area contributed by atoms with E-state index in [0.29, 0.717) is 67.2 Å². The highest BCUT2D eigenvalue weighted by molar-refractivity contribution is 7.14. The highest BCUT2D eigenvalue weighted by Gasteiger charge is 2.29. The van der Waals surface area contributed by atoms with Crippen LogP contribution in [-0.4, -0.2) is 38.9 Å². The van der Waals surface area contributed by atoms with Gasteiger partial charge in [-0.1, -0.05) is 12.1 Å². The number of fused-ring (bicyclic) bond motifs is 12. The maximum Gasteiger partial charge on any atom is 0.362 e. The van der Waals surface area contributed by atoms with Gasteiger partial charge in [-0.2, -0.15) is 8.75 Å². The van der Waals surface area contributed by atoms with E-state index in [4.69, 9.17) is 24.7 Å². The zero-order valence-electron chi connectivity index (χ0n) is 34.2. The molecule has 0 saturated carbocycles. The Morgan fingerprint density at radius 1 is 0.716 bits per heavy atom. The zero-order chi connectivity index (χ0) is 45.8. The molecule has 0 amide bonds. The van der Waals surface area contributed by atoms with Gasteiger partial charge in [-0.25, -0.2) is 23.4 Å². The fourth-order valence-electron chi connectivity index (χ4n) is 9.09. The molecule has 0 aliphatic rings. The van der Waals surface area contributed by atoms with Crippen LogP contribution in [-0.2, 0) is 13.1 Å². The van der Waals surface area contributed by atoms with Gasteiger partial charge in [-0.15, -0.1) is 0 Å². The summed E-state index contributed by atoms with van der Waals surface area (Å²) in [6.45, 7) is 0.396. The number of carboxylic acids is 1. The average molecular weight is 931 g/mol. The Morgan fingerprint density at radius 3 is 1.96 bits per heavy atom. The topological polar surface area (TPSA) is 227 Å². The minimum Gasteiger partial charge on any atom is -0.477 e. The van der Waals surface area contributed by atoms with Crippen LogP contribution in [0.3, 0.4) is 0 Å². The summed E-state index contributed by atoms with van der Waals surface area (Å²) < 4.78 is 60.3. The molecule has 0 aliphatic carbocycles. The van der Waals surface area contributed by atoms with Crippen LogP contribution in [0.15, 0.2) is 133 Å². The van der Waals surface area contributed by atoms with Gasteiger partial charge in [0, 0.05) is 52.6 Å². The van der Waals surface area contributed by atoms with Gasteiger partial charge < -0.3 is 43.9 Å². The van der Waals surface area contributed by atoms with Crippen molar-refractivity contribution in [2.45, 2.75) is 13.1 Å². The number of carbonyl (C=O) groups is 1. The number of hydrogen-bond donors (Lipinski definition) is 4. The van der Waals surface area contributed by atoms with Crippen molar-refractivity contribution in [1.29, 1.82) is 0 Å². The molecule has 67 heavy (non-hydrogen) atoms. The summed E-state index contributed by atoms with van der Waals surface area (Å²) >= 11 is 2.60. The van der Waals surface area contributed by atoms with E-state index >= 15 is 4.39 Å². The third-order valence-corrected chi connectivity index (χ3v) is 13.6. The van der Waals surface area contributed by atoms with Crippen molar-refractivity contribution in [2.75, 3.05) is 11.5 Å². The van der Waals surface area contributed by atoms with E-state index in [1.807, 2.05) is 42.5 Å². The summed E-state index contributed by atoms with van der Waals surface area (Å²) in [5.74, 6) is -1.39. The van der Waals surface area contributed by atoms with Crippen LogP contribution in [0.4, 0.5) is 20.4 Å². The maximum absolute atomic E-state index is 15.0. The number of anilines is 2.